The first-order valence-corrected chi connectivity index (χ1v) is 15.7. The molecule has 1 saturated heterocycles. The molecule has 1 aromatic carbocycles. The average Bonchev–Trinajstić information content (AvgIpc) is 3.59. The number of ketones is 1. The molecule has 2 saturated carbocycles. The molecule has 0 radical (unpaired) electrons. The lowest BCUT2D eigenvalue weighted by molar-refractivity contribution is -0.125. The van der Waals surface area contributed by atoms with Crippen molar-refractivity contribution in [2.45, 2.75) is 50.9 Å². The zero-order valence-corrected chi connectivity index (χ0v) is 23.0. The number of nitrogens with zero attached hydrogens (tertiary/aromatic N) is 4. The van der Waals surface area contributed by atoms with Gasteiger partial charge in [0.25, 0.3) is 0 Å². The number of rotatable bonds is 7. The number of Topliss-reactive ketones (excluding diaryl/α,β-unsaturated/α-hetero) is 1. The Morgan fingerprint density at radius 1 is 1.10 bits per heavy atom. The van der Waals surface area contributed by atoms with Crippen molar-refractivity contribution in [1.29, 1.82) is 5.26 Å². The Labute approximate surface area is 233 Å². The van der Waals surface area contributed by atoms with Crippen LogP contribution in [-0.4, -0.2) is 48.8 Å². The highest BCUT2D eigenvalue weighted by molar-refractivity contribution is 7.91. The van der Waals surface area contributed by atoms with Gasteiger partial charge in [0.05, 0.1) is 34.8 Å². The topological polar surface area (TPSA) is 117 Å². The molecular weight excluding hydrogens is 531 g/mol. The number of oxazole rings is 1. The first-order valence-electron chi connectivity index (χ1n) is 13.9. The number of hydrogen-bond donors (Lipinski definition) is 0. The largest absolute Gasteiger partial charge is 0.440 e. The van der Waals surface area contributed by atoms with Gasteiger partial charge in [0, 0.05) is 48.8 Å². The highest BCUT2D eigenvalue weighted by atomic mass is 32.2. The molecule has 1 aliphatic heterocycles. The van der Waals surface area contributed by atoms with Gasteiger partial charge in [-0.15, -0.1) is 0 Å². The van der Waals surface area contributed by atoms with Crippen LogP contribution in [0.4, 0.5) is 10.1 Å². The average molecular weight is 563 g/mol. The molecule has 2 aromatic heterocycles. The van der Waals surface area contributed by atoms with E-state index in [0.717, 1.165) is 56.0 Å². The first-order chi connectivity index (χ1) is 19.3. The van der Waals surface area contributed by atoms with Crippen LogP contribution in [0.25, 0.3) is 22.7 Å². The van der Waals surface area contributed by atoms with Gasteiger partial charge in [0.15, 0.2) is 9.84 Å². The van der Waals surface area contributed by atoms with Crippen molar-refractivity contribution >= 4 is 21.3 Å². The summed E-state index contributed by atoms with van der Waals surface area (Å²) in [4.78, 5) is 24.3. The monoisotopic (exact) mass is 562 g/mol. The molecule has 3 fully saturated rings. The summed E-state index contributed by atoms with van der Waals surface area (Å²) in [5.74, 6) is 0.277. The van der Waals surface area contributed by atoms with Crippen LogP contribution < -0.4 is 4.90 Å². The second-order valence-corrected chi connectivity index (χ2v) is 13.6. The second kappa shape index (κ2) is 10.4. The second-order valence-electron chi connectivity index (χ2n) is 11.3. The molecule has 6 rings (SSSR count). The molecule has 3 aromatic rings. The van der Waals surface area contributed by atoms with E-state index < -0.39 is 21.1 Å². The van der Waals surface area contributed by atoms with Crippen LogP contribution in [0.1, 0.15) is 56.6 Å². The molecule has 0 N–H and O–H groups in total. The molecule has 8 nitrogen and oxygen atoms in total. The van der Waals surface area contributed by atoms with Gasteiger partial charge in [-0.05, 0) is 43.9 Å². The molecule has 2 aliphatic carbocycles. The van der Waals surface area contributed by atoms with E-state index in [1.807, 2.05) is 24.3 Å². The summed E-state index contributed by atoms with van der Waals surface area (Å²) >= 11 is 0. The van der Waals surface area contributed by atoms with Crippen LogP contribution in [0.15, 0.2) is 47.1 Å². The van der Waals surface area contributed by atoms with Crippen LogP contribution >= 0.6 is 0 Å². The van der Waals surface area contributed by atoms with Crippen molar-refractivity contribution < 1.29 is 22.0 Å². The van der Waals surface area contributed by atoms with Gasteiger partial charge in [0.2, 0.25) is 5.89 Å². The summed E-state index contributed by atoms with van der Waals surface area (Å²) in [7, 11) is -2.98. The van der Waals surface area contributed by atoms with E-state index in [9.17, 15) is 22.9 Å². The minimum atomic E-state index is -2.98. The van der Waals surface area contributed by atoms with Crippen molar-refractivity contribution in [1.82, 2.24) is 9.97 Å². The van der Waals surface area contributed by atoms with E-state index in [1.165, 1.54) is 12.3 Å². The van der Waals surface area contributed by atoms with Gasteiger partial charge in [-0.3, -0.25) is 9.78 Å². The number of hydrogen-bond acceptors (Lipinski definition) is 8. The molecule has 208 valence electrons. The predicted molar refractivity (Wildman–Crippen MR) is 148 cm³/mol. The van der Waals surface area contributed by atoms with Crippen LogP contribution in [0.5, 0.6) is 0 Å². The van der Waals surface area contributed by atoms with E-state index in [1.54, 1.807) is 0 Å². The van der Waals surface area contributed by atoms with E-state index >= 15 is 0 Å². The number of anilines is 1. The van der Waals surface area contributed by atoms with Crippen molar-refractivity contribution in [3.05, 3.63) is 54.3 Å². The quantitative estimate of drug-likeness (QED) is 0.380. The predicted octanol–water partition coefficient (Wildman–Crippen LogP) is 5.31. The molecule has 3 heterocycles. The summed E-state index contributed by atoms with van der Waals surface area (Å²) < 4.78 is 44.1. The summed E-state index contributed by atoms with van der Waals surface area (Å²) in [6.07, 6.45) is 7.83. The smallest absolute Gasteiger partial charge is 0.228 e. The Morgan fingerprint density at radius 2 is 1.82 bits per heavy atom. The van der Waals surface area contributed by atoms with E-state index in [4.69, 9.17) is 9.40 Å². The molecule has 40 heavy (non-hydrogen) atoms. The number of benzene rings is 1. The van der Waals surface area contributed by atoms with Gasteiger partial charge in [-0.25, -0.2) is 17.8 Å². The van der Waals surface area contributed by atoms with Crippen LogP contribution in [-0.2, 0) is 14.6 Å². The van der Waals surface area contributed by atoms with Crippen molar-refractivity contribution in [2.24, 2.45) is 11.3 Å². The maximum absolute atomic E-state index is 14.0. The Kier molecular flexibility index (Phi) is 6.95. The number of carbonyl (C=O) groups excluding carboxylic acids is 1. The number of halogens is 1. The molecule has 2 atom stereocenters. The lowest BCUT2D eigenvalue weighted by Crippen LogP contribution is -2.40. The summed E-state index contributed by atoms with van der Waals surface area (Å²) in [6, 6.07) is 11.4. The number of carbonyl (C=O) groups is 1. The van der Waals surface area contributed by atoms with E-state index in [-0.39, 0.29) is 41.4 Å². The highest BCUT2D eigenvalue weighted by Gasteiger charge is 2.47. The molecule has 3 aliphatic rings. The molecule has 0 bridgehead atoms. The number of sulfone groups is 1. The minimum absolute atomic E-state index is 0.107. The van der Waals surface area contributed by atoms with Crippen LogP contribution in [0, 0.1) is 28.5 Å². The maximum atomic E-state index is 14.0. The summed E-state index contributed by atoms with van der Waals surface area (Å²) in [5.41, 5.74) is 2.24. The SMILES string of the molecule is N#CC1(CC(=O)[C@@H]2CCCC[C@H]2c2oc(-c3cncc(F)c3)nc2-c2ccc(N3CCS(=O)(=O)CC3)cc2)CC1. The van der Waals surface area contributed by atoms with Crippen molar-refractivity contribution in [3.63, 3.8) is 0 Å². The summed E-state index contributed by atoms with van der Waals surface area (Å²) in [5, 5.41) is 9.57. The summed E-state index contributed by atoms with van der Waals surface area (Å²) in [6.45, 7) is 0.896. The lowest BCUT2D eigenvalue weighted by Gasteiger charge is -2.30. The van der Waals surface area contributed by atoms with Gasteiger partial charge < -0.3 is 9.32 Å². The lowest BCUT2D eigenvalue weighted by atomic mass is 9.73. The third kappa shape index (κ3) is 5.39. The van der Waals surface area contributed by atoms with Gasteiger partial charge >= 0.3 is 0 Å². The van der Waals surface area contributed by atoms with E-state index in [0.29, 0.717) is 30.1 Å². The van der Waals surface area contributed by atoms with Gasteiger partial charge in [-0.1, -0.05) is 25.0 Å². The minimum Gasteiger partial charge on any atom is -0.440 e. The highest BCUT2D eigenvalue weighted by Crippen LogP contribution is 2.51. The molecule has 0 spiro atoms. The Balaban J connectivity index is 1.35. The fourth-order valence-electron chi connectivity index (χ4n) is 6.02. The van der Waals surface area contributed by atoms with Gasteiger partial charge in [0.1, 0.15) is 23.1 Å². The number of aromatic nitrogens is 2. The standard InChI is InChI=1S/C30H31FN4O4S/c31-22-15-21(17-33-18-22)29-34-27(20-5-7-23(8-6-20)35-11-13-40(37,38)14-12-35)28(39-29)25-4-2-1-3-24(25)26(36)16-30(19-32)9-10-30/h5-8,15,17-18,24-25H,1-4,9-14,16H2/t24-,25-/m1/s1. The fraction of sp³-hybridized carbons (Fsp3) is 0.467. The Morgan fingerprint density at radius 3 is 2.50 bits per heavy atom. The maximum Gasteiger partial charge on any atom is 0.228 e. The Bertz CT molecular complexity index is 1560. The first kappa shape index (κ1) is 26.6. The van der Waals surface area contributed by atoms with Crippen molar-refractivity contribution in [3.8, 4) is 28.8 Å². The fourth-order valence-corrected chi connectivity index (χ4v) is 7.22. The zero-order valence-electron chi connectivity index (χ0n) is 22.2. The normalized spacial score (nSPS) is 23.4. The number of nitriles is 1. The molecule has 10 heteroatoms. The van der Waals surface area contributed by atoms with E-state index in [2.05, 4.69) is 16.0 Å². The molecule has 0 unspecified atom stereocenters. The third-order valence-corrected chi connectivity index (χ3v) is 10.2. The zero-order chi connectivity index (χ0) is 27.9. The van der Waals surface area contributed by atoms with Crippen molar-refractivity contribution in [2.75, 3.05) is 29.5 Å². The molecule has 0 amide bonds. The number of pyridine rings is 1. The van der Waals surface area contributed by atoms with Crippen LogP contribution in [0.3, 0.4) is 0 Å². The Hall–Kier alpha value is -3.58. The third-order valence-electron chi connectivity index (χ3n) is 8.58. The van der Waals surface area contributed by atoms with Gasteiger partial charge in [-0.2, -0.15) is 5.26 Å². The van der Waals surface area contributed by atoms with Crippen LogP contribution in [0.2, 0.25) is 0 Å². The molecular formula is C30H31FN4O4S.